The van der Waals surface area contributed by atoms with E-state index < -0.39 is 0 Å². The molecule has 0 N–H and O–H groups in total. The monoisotopic (exact) mass is 656 g/mol. The number of fused-ring (bicyclic) bond motifs is 16. The third-order valence-electron chi connectivity index (χ3n) is 11.0. The van der Waals surface area contributed by atoms with E-state index in [4.69, 9.17) is 28.4 Å². The van der Waals surface area contributed by atoms with Crippen molar-refractivity contribution in [2.24, 2.45) is 0 Å². The summed E-state index contributed by atoms with van der Waals surface area (Å²) in [6, 6.07) is 36.6. The third kappa shape index (κ3) is 3.40. The number of hydrogen-bond acceptors (Lipinski definition) is 6. The maximum absolute atomic E-state index is 7.16. The van der Waals surface area contributed by atoms with Crippen LogP contribution < -0.4 is 72.1 Å². The predicted octanol–water partition coefficient (Wildman–Crippen LogP) is 4.03. The second-order valence-electron chi connectivity index (χ2n) is 13.5. The molecule has 0 spiro atoms. The van der Waals surface area contributed by atoms with E-state index in [0.717, 1.165) is 89.4 Å². The van der Waals surface area contributed by atoms with Gasteiger partial charge in [-0.2, -0.15) is 0 Å². The predicted molar refractivity (Wildman–Crippen MR) is 201 cm³/mol. The average molecular weight is 656 g/mol. The van der Waals surface area contributed by atoms with E-state index in [2.05, 4.69) is 43.5 Å². The molecule has 0 saturated carbocycles. The molecule has 6 aromatic rings. The van der Waals surface area contributed by atoms with E-state index in [1.54, 1.807) is 6.08 Å². The number of para-hydroxylation sites is 3. The lowest BCUT2D eigenvalue weighted by molar-refractivity contribution is 0.407. The van der Waals surface area contributed by atoms with Gasteiger partial charge in [0.1, 0.15) is 69.0 Å². The Kier molecular flexibility index (Phi) is 5.16. The Labute approximate surface area is 294 Å². The van der Waals surface area contributed by atoms with Crippen molar-refractivity contribution >= 4 is 63.8 Å². The molecule has 0 saturated heterocycles. The highest BCUT2D eigenvalue weighted by molar-refractivity contribution is 7.04. The Morgan fingerprint density at radius 2 is 0.784 bits per heavy atom. The van der Waals surface area contributed by atoms with Crippen LogP contribution in [0.15, 0.2) is 145 Å². The van der Waals surface area contributed by atoms with E-state index in [0.29, 0.717) is 28.8 Å². The van der Waals surface area contributed by atoms with E-state index in [1.807, 2.05) is 78.9 Å². The van der Waals surface area contributed by atoms with Crippen LogP contribution in [0.2, 0.25) is 0 Å². The highest BCUT2D eigenvalue weighted by atomic mass is 16.5. The molecule has 0 radical (unpaired) electrons. The van der Waals surface area contributed by atoms with Crippen LogP contribution in [0.25, 0.3) is 0 Å². The van der Waals surface area contributed by atoms with Crippen molar-refractivity contribution in [3.8, 4) is 57.5 Å². The van der Waals surface area contributed by atoms with Crippen molar-refractivity contribution in [2.45, 2.75) is 0 Å². The third-order valence-corrected chi connectivity index (χ3v) is 11.0. The molecule has 0 bridgehead atoms. The van der Waals surface area contributed by atoms with E-state index in [1.165, 1.54) is 0 Å². The Bertz CT molecular complexity index is 2680. The number of benzene rings is 6. The van der Waals surface area contributed by atoms with Crippen LogP contribution in [0.4, 0.5) is 0 Å². The van der Waals surface area contributed by atoms with Gasteiger partial charge in [0.2, 0.25) is 0 Å². The smallest absolute Gasteiger partial charge is 0.265 e. The number of allylic oxidation sites excluding steroid dienone is 2. The summed E-state index contributed by atoms with van der Waals surface area (Å²) in [6.07, 6.45) is 1.75. The average Bonchev–Trinajstić information content (AvgIpc) is 3.17. The summed E-state index contributed by atoms with van der Waals surface area (Å²) in [6.45, 7) is 7.74. The summed E-state index contributed by atoms with van der Waals surface area (Å²) in [5.74, 6) is 8.53. The first-order chi connectivity index (χ1) is 25.2. The molecule has 12 rings (SSSR count). The van der Waals surface area contributed by atoms with Gasteiger partial charge in [0.25, 0.3) is 20.1 Å². The van der Waals surface area contributed by atoms with Gasteiger partial charge < -0.3 is 28.4 Å². The second kappa shape index (κ2) is 9.61. The van der Waals surface area contributed by atoms with E-state index >= 15 is 0 Å². The Morgan fingerprint density at radius 3 is 1.29 bits per heavy atom. The zero-order valence-corrected chi connectivity index (χ0v) is 27.1. The van der Waals surface area contributed by atoms with Crippen LogP contribution in [-0.2, 0) is 0 Å². The summed E-state index contributed by atoms with van der Waals surface area (Å²) in [4.78, 5) is 0. The fraction of sp³-hybridized carbons (Fsp3) is 0. The largest absolute Gasteiger partial charge is 0.459 e. The van der Waals surface area contributed by atoms with Crippen molar-refractivity contribution in [1.82, 2.24) is 0 Å². The summed E-state index contributed by atoms with van der Waals surface area (Å²) < 4.78 is 40.8. The zero-order chi connectivity index (χ0) is 33.5. The standard InChI is InChI=1S/C42H23B3O6/c1-3-26-34-22(2)46-27-15-7-4-12-23(27)43(34)37-40(49-26)38-42(51-33-21-11-18-30-35(33)44(38)24-13-5-8-16-28(24)47-30)39-41(37)50-32-20-10-19-31-36(32)45(39)25-14-6-9-17-29(25)48-31/h3-21H,1-2H2. The molecule has 0 atom stereocenters. The van der Waals surface area contributed by atoms with Crippen molar-refractivity contribution in [1.29, 1.82) is 0 Å². The van der Waals surface area contributed by atoms with Crippen LogP contribution in [-0.4, -0.2) is 20.1 Å². The number of rotatable bonds is 1. The Balaban J connectivity index is 1.27. The van der Waals surface area contributed by atoms with Crippen molar-refractivity contribution in [3.05, 3.63) is 145 Å². The first-order valence-electron chi connectivity index (χ1n) is 17.1. The lowest BCUT2D eigenvalue weighted by Gasteiger charge is -2.42. The van der Waals surface area contributed by atoms with Crippen molar-refractivity contribution in [3.63, 3.8) is 0 Å². The second-order valence-corrected chi connectivity index (χ2v) is 13.5. The molecule has 6 aromatic carbocycles. The molecule has 0 aliphatic carbocycles. The summed E-state index contributed by atoms with van der Waals surface area (Å²) >= 11 is 0. The zero-order valence-electron chi connectivity index (χ0n) is 27.1. The van der Waals surface area contributed by atoms with Gasteiger partial charge in [0, 0.05) is 32.8 Å². The topological polar surface area (TPSA) is 55.4 Å². The maximum atomic E-state index is 7.16. The van der Waals surface area contributed by atoms with Crippen molar-refractivity contribution in [2.75, 3.05) is 0 Å². The first kappa shape index (κ1) is 27.4. The molecule has 6 heterocycles. The Morgan fingerprint density at radius 1 is 0.392 bits per heavy atom. The van der Waals surface area contributed by atoms with Gasteiger partial charge in [0.05, 0.1) is 0 Å². The molecule has 0 aromatic heterocycles. The fourth-order valence-electron chi connectivity index (χ4n) is 9.04. The normalized spacial score (nSPS) is 15.5. The molecule has 0 unspecified atom stereocenters. The summed E-state index contributed by atoms with van der Waals surface area (Å²) in [5, 5.41) is 0. The number of ether oxygens (including phenoxy) is 6. The van der Waals surface area contributed by atoms with Crippen LogP contribution in [0, 0.1) is 0 Å². The molecule has 51 heavy (non-hydrogen) atoms. The summed E-state index contributed by atoms with van der Waals surface area (Å²) in [5.41, 5.74) is 8.56. The molecule has 236 valence electrons. The lowest BCUT2D eigenvalue weighted by atomic mass is 9.27. The minimum Gasteiger partial charge on any atom is -0.459 e. The van der Waals surface area contributed by atoms with Crippen molar-refractivity contribution < 1.29 is 28.4 Å². The quantitative estimate of drug-likeness (QED) is 0.249. The fourth-order valence-corrected chi connectivity index (χ4v) is 9.04. The summed E-state index contributed by atoms with van der Waals surface area (Å²) in [7, 11) is 0. The van der Waals surface area contributed by atoms with E-state index in [9.17, 15) is 0 Å². The minimum absolute atomic E-state index is 0.254. The van der Waals surface area contributed by atoms with Gasteiger partial charge in [-0.15, -0.1) is 0 Å². The Hall–Kier alpha value is -6.47. The molecule has 9 heteroatoms. The van der Waals surface area contributed by atoms with Crippen LogP contribution in [0.3, 0.4) is 0 Å². The van der Waals surface area contributed by atoms with Crippen LogP contribution in [0.5, 0.6) is 57.5 Å². The highest BCUT2D eigenvalue weighted by Gasteiger charge is 2.54. The molecular formula is C42H23B3O6. The molecule has 0 amide bonds. The SMILES string of the molecule is C=CC1=C2B(c3ccccc3OC2=C)c2c(c3c(c4c2Oc2cccc5c2B4c2ccccc2O5)Oc2cccc4c2B3c2ccccc2O4)O1. The molecule has 6 aliphatic heterocycles. The number of hydrogen-bond donors (Lipinski definition) is 0. The van der Waals surface area contributed by atoms with Gasteiger partial charge in [-0.05, 0) is 64.9 Å². The van der Waals surface area contributed by atoms with E-state index in [-0.39, 0.29) is 20.1 Å². The van der Waals surface area contributed by atoms with Gasteiger partial charge in [-0.3, -0.25) is 0 Å². The van der Waals surface area contributed by atoms with Gasteiger partial charge in [0.15, 0.2) is 0 Å². The molecular weight excluding hydrogens is 633 g/mol. The molecule has 0 fully saturated rings. The van der Waals surface area contributed by atoms with Crippen LogP contribution in [0.1, 0.15) is 0 Å². The maximum Gasteiger partial charge on any atom is 0.265 e. The van der Waals surface area contributed by atoms with Gasteiger partial charge >= 0.3 is 0 Å². The highest BCUT2D eigenvalue weighted by Crippen LogP contribution is 2.44. The van der Waals surface area contributed by atoms with Gasteiger partial charge in [-0.25, -0.2) is 0 Å². The first-order valence-corrected chi connectivity index (χ1v) is 17.1. The molecule has 6 nitrogen and oxygen atoms in total. The van der Waals surface area contributed by atoms with Gasteiger partial charge in [-0.1, -0.05) is 79.9 Å². The minimum atomic E-state index is -0.329. The van der Waals surface area contributed by atoms with Crippen LogP contribution >= 0.6 is 0 Å². The molecule has 6 aliphatic rings. The lowest BCUT2D eigenvalue weighted by Crippen LogP contribution is -2.66.